The van der Waals surface area contributed by atoms with E-state index in [1.807, 2.05) is 0 Å². The molecule has 0 saturated carbocycles. The van der Waals surface area contributed by atoms with E-state index in [1.165, 1.54) is 7.11 Å². The molecule has 1 heterocycles. The fourth-order valence-corrected chi connectivity index (χ4v) is 1.12. The predicted molar refractivity (Wildman–Crippen MR) is 48.7 cm³/mol. The fraction of sp³-hybridized carbons (Fsp3) is 0.571. The Bertz CT molecular complexity index is 330. The van der Waals surface area contributed by atoms with Gasteiger partial charge in [0, 0.05) is 13.0 Å². The number of rotatable bonds is 4. The monoisotopic (exact) mass is 201 g/mol. The number of nitrogens with one attached hydrogen (secondary N) is 1. The van der Waals surface area contributed by atoms with E-state index in [9.17, 15) is 4.79 Å². The van der Waals surface area contributed by atoms with Crippen LogP contribution in [0.4, 0.5) is 0 Å². The molecule has 0 amide bonds. The van der Waals surface area contributed by atoms with Crippen molar-refractivity contribution in [2.24, 2.45) is 0 Å². The van der Waals surface area contributed by atoms with Gasteiger partial charge in [-0.15, -0.1) is 0 Å². The normalized spacial score (nSPS) is 9.92. The number of aryl methyl sites for hydroxylation is 1. The largest absolute Gasteiger partial charge is 0.469 e. The van der Waals surface area contributed by atoms with E-state index >= 15 is 0 Å². The Morgan fingerprint density at radius 2 is 2.62 bits per heavy atom. The number of hydrogen-bond donors (Lipinski definition) is 1. The van der Waals surface area contributed by atoms with Crippen LogP contribution in [0, 0.1) is 4.77 Å². The predicted octanol–water partition coefficient (Wildman–Crippen LogP) is 0.894. The Labute approximate surface area is 80.7 Å². The van der Waals surface area contributed by atoms with Crippen LogP contribution in [0.15, 0.2) is 6.33 Å². The van der Waals surface area contributed by atoms with E-state index in [2.05, 4.69) is 14.9 Å². The number of aromatic nitrogens is 3. The van der Waals surface area contributed by atoms with Gasteiger partial charge in [-0.2, -0.15) is 5.10 Å². The van der Waals surface area contributed by atoms with Gasteiger partial charge in [0.1, 0.15) is 6.33 Å². The first kappa shape index (κ1) is 9.91. The van der Waals surface area contributed by atoms with Gasteiger partial charge < -0.3 is 9.30 Å². The number of nitrogens with zero attached hydrogens (tertiary/aromatic N) is 2. The molecule has 0 unspecified atom stereocenters. The minimum absolute atomic E-state index is 0.199. The Balaban J connectivity index is 2.32. The lowest BCUT2D eigenvalue weighted by atomic mass is 10.3. The van der Waals surface area contributed by atoms with Crippen molar-refractivity contribution in [3.63, 3.8) is 0 Å². The molecule has 0 radical (unpaired) electrons. The number of methoxy groups -OCH3 is 1. The Morgan fingerprint density at radius 1 is 1.85 bits per heavy atom. The Morgan fingerprint density at radius 3 is 3.15 bits per heavy atom. The molecule has 6 heteroatoms. The van der Waals surface area contributed by atoms with E-state index < -0.39 is 0 Å². The zero-order valence-corrected chi connectivity index (χ0v) is 8.13. The maximum absolute atomic E-state index is 10.7. The minimum atomic E-state index is -0.199. The maximum atomic E-state index is 10.7. The smallest absolute Gasteiger partial charge is 0.305 e. The third kappa shape index (κ3) is 2.98. The summed E-state index contributed by atoms with van der Waals surface area (Å²) in [7, 11) is 1.38. The van der Waals surface area contributed by atoms with Crippen LogP contribution < -0.4 is 0 Å². The SMILES string of the molecule is COC(=O)CCCn1cn[nH]c1=S. The summed E-state index contributed by atoms with van der Waals surface area (Å²) < 4.78 is 6.85. The molecule has 0 aliphatic heterocycles. The summed E-state index contributed by atoms with van der Waals surface area (Å²) in [5.74, 6) is -0.199. The second kappa shape index (κ2) is 4.76. The Kier molecular flexibility index (Phi) is 3.63. The number of ether oxygens (including phenoxy) is 1. The first-order valence-electron chi connectivity index (χ1n) is 3.90. The van der Waals surface area contributed by atoms with Crippen molar-refractivity contribution >= 4 is 18.2 Å². The molecule has 0 fully saturated rings. The molecule has 0 bridgehead atoms. The zero-order chi connectivity index (χ0) is 9.68. The van der Waals surface area contributed by atoms with E-state index in [-0.39, 0.29) is 5.97 Å². The van der Waals surface area contributed by atoms with Gasteiger partial charge in [-0.05, 0) is 18.6 Å². The molecule has 5 nitrogen and oxygen atoms in total. The van der Waals surface area contributed by atoms with Gasteiger partial charge in [-0.3, -0.25) is 9.89 Å². The molecule has 0 aliphatic carbocycles. The standard InChI is InChI=1S/C7H11N3O2S/c1-12-6(11)3-2-4-10-5-8-9-7(10)13/h5H,2-4H2,1H3,(H,9,13). The highest BCUT2D eigenvalue weighted by Gasteiger charge is 2.00. The van der Waals surface area contributed by atoms with Gasteiger partial charge in [-0.25, -0.2) is 0 Å². The molecular formula is C7H11N3O2S. The first-order valence-corrected chi connectivity index (χ1v) is 4.31. The van der Waals surface area contributed by atoms with Crippen molar-refractivity contribution in [1.82, 2.24) is 14.8 Å². The summed E-state index contributed by atoms with van der Waals surface area (Å²) in [5, 5.41) is 6.39. The molecule has 1 aromatic heterocycles. The van der Waals surface area contributed by atoms with E-state index in [1.54, 1.807) is 10.9 Å². The van der Waals surface area contributed by atoms with Gasteiger partial charge >= 0.3 is 5.97 Å². The molecular weight excluding hydrogens is 190 g/mol. The van der Waals surface area contributed by atoms with Gasteiger partial charge in [-0.1, -0.05) is 0 Å². The number of H-pyrrole nitrogens is 1. The summed E-state index contributed by atoms with van der Waals surface area (Å²) >= 11 is 4.92. The molecule has 72 valence electrons. The van der Waals surface area contributed by atoms with Crippen molar-refractivity contribution in [2.75, 3.05) is 7.11 Å². The van der Waals surface area contributed by atoms with Crippen LogP contribution in [-0.2, 0) is 16.1 Å². The van der Waals surface area contributed by atoms with Crippen molar-refractivity contribution in [1.29, 1.82) is 0 Å². The quantitative estimate of drug-likeness (QED) is 0.580. The van der Waals surface area contributed by atoms with Crippen LogP contribution in [0.25, 0.3) is 0 Å². The molecule has 1 rings (SSSR count). The lowest BCUT2D eigenvalue weighted by Crippen LogP contribution is -2.03. The molecule has 0 saturated heterocycles. The van der Waals surface area contributed by atoms with Crippen LogP contribution in [-0.4, -0.2) is 27.8 Å². The number of esters is 1. The second-order valence-corrected chi connectivity index (χ2v) is 2.92. The van der Waals surface area contributed by atoms with Crippen LogP contribution in [0.2, 0.25) is 0 Å². The molecule has 13 heavy (non-hydrogen) atoms. The van der Waals surface area contributed by atoms with E-state index in [0.29, 0.717) is 24.2 Å². The zero-order valence-electron chi connectivity index (χ0n) is 7.32. The van der Waals surface area contributed by atoms with Crippen molar-refractivity contribution in [3.8, 4) is 0 Å². The Hall–Kier alpha value is -1.17. The minimum Gasteiger partial charge on any atom is -0.469 e. The average Bonchev–Trinajstić information content (AvgIpc) is 2.52. The van der Waals surface area contributed by atoms with Gasteiger partial charge in [0.05, 0.1) is 7.11 Å². The number of carbonyl (C=O) groups excluding carboxylic acids is 1. The highest BCUT2D eigenvalue weighted by molar-refractivity contribution is 7.71. The third-order valence-electron chi connectivity index (χ3n) is 1.63. The van der Waals surface area contributed by atoms with Crippen molar-refractivity contribution < 1.29 is 9.53 Å². The van der Waals surface area contributed by atoms with Gasteiger partial charge in [0.25, 0.3) is 0 Å². The first-order chi connectivity index (χ1) is 6.24. The van der Waals surface area contributed by atoms with Crippen LogP contribution in [0.5, 0.6) is 0 Å². The molecule has 1 aromatic rings. The molecule has 0 atom stereocenters. The highest BCUT2D eigenvalue weighted by Crippen LogP contribution is 1.96. The highest BCUT2D eigenvalue weighted by atomic mass is 32.1. The lowest BCUT2D eigenvalue weighted by Gasteiger charge is -1.99. The summed E-state index contributed by atoms with van der Waals surface area (Å²) in [6.07, 6.45) is 2.73. The lowest BCUT2D eigenvalue weighted by molar-refractivity contribution is -0.140. The fourth-order valence-electron chi connectivity index (χ4n) is 0.926. The maximum Gasteiger partial charge on any atom is 0.305 e. The third-order valence-corrected chi connectivity index (χ3v) is 1.95. The van der Waals surface area contributed by atoms with Gasteiger partial charge in [0.2, 0.25) is 0 Å². The van der Waals surface area contributed by atoms with Crippen molar-refractivity contribution in [2.45, 2.75) is 19.4 Å². The molecule has 1 N–H and O–H groups in total. The molecule has 0 aromatic carbocycles. The second-order valence-electron chi connectivity index (χ2n) is 2.53. The molecule has 0 spiro atoms. The topological polar surface area (TPSA) is 59.9 Å². The van der Waals surface area contributed by atoms with Crippen LogP contribution in [0.3, 0.4) is 0 Å². The molecule has 0 aliphatic rings. The average molecular weight is 201 g/mol. The van der Waals surface area contributed by atoms with Crippen LogP contribution in [0.1, 0.15) is 12.8 Å². The van der Waals surface area contributed by atoms with E-state index in [4.69, 9.17) is 12.2 Å². The number of hydrogen-bond acceptors (Lipinski definition) is 4. The summed E-state index contributed by atoms with van der Waals surface area (Å²) in [6, 6.07) is 0. The van der Waals surface area contributed by atoms with Crippen LogP contribution >= 0.6 is 12.2 Å². The van der Waals surface area contributed by atoms with E-state index in [0.717, 1.165) is 0 Å². The summed E-state index contributed by atoms with van der Waals surface area (Å²) in [6.45, 7) is 0.685. The summed E-state index contributed by atoms with van der Waals surface area (Å²) in [4.78, 5) is 10.7. The summed E-state index contributed by atoms with van der Waals surface area (Å²) in [5.41, 5.74) is 0. The number of carbonyl (C=O) groups is 1. The van der Waals surface area contributed by atoms with Crippen molar-refractivity contribution in [3.05, 3.63) is 11.1 Å². The number of aromatic amines is 1. The van der Waals surface area contributed by atoms with Gasteiger partial charge in [0.15, 0.2) is 4.77 Å².